The number of ether oxygens (including phenoxy) is 1. The van der Waals surface area contributed by atoms with Crippen LogP contribution < -0.4 is 5.32 Å². The number of nitrogens with zero attached hydrogens (tertiary/aromatic N) is 2. The van der Waals surface area contributed by atoms with E-state index < -0.39 is 0 Å². The zero-order valence-electron chi connectivity index (χ0n) is 9.45. The third-order valence-electron chi connectivity index (χ3n) is 2.95. The Hall–Kier alpha value is -0.620. The molecule has 2 aromatic rings. The van der Waals surface area contributed by atoms with Gasteiger partial charge in [0.2, 0.25) is 0 Å². The third-order valence-corrected chi connectivity index (χ3v) is 4.07. The fourth-order valence-corrected chi connectivity index (χ4v) is 3.24. The smallest absolute Gasteiger partial charge is 0.130 e. The number of halogens is 2. The van der Waals surface area contributed by atoms with Crippen LogP contribution >= 0.6 is 34.9 Å². The van der Waals surface area contributed by atoms with Crippen LogP contribution in [0.15, 0.2) is 6.07 Å². The van der Waals surface area contributed by atoms with E-state index in [0.717, 1.165) is 42.4 Å². The summed E-state index contributed by atoms with van der Waals surface area (Å²) in [5, 5.41) is 4.51. The summed E-state index contributed by atoms with van der Waals surface area (Å²) in [4.78, 5) is 0. The van der Waals surface area contributed by atoms with Crippen molar-refractivity contribution in [1.82, 2.24) is 8.75 Å². The molecule has 4 nitrogen and oxygen atoms in total. The Bertz CT molecular complexity index is 569. The van der Waals surface area contributed by atoms with Crippen molar-refractivity contribution in [2.45, 2.75) is 18.9 Å². The predicted octanol–water partition coefficient (Wildman–Crippen LogP) is 3.59. The van der Waals surface area contributed by atoms with Crippen molar-refractivity contribution in [2.24, 2.45) is 0 Å². The van der Waals surface area contributed by atoms with Crippen molar-refractivity contribution in [3.8, 4) is 0 Å². The Balaban J connectivity index is 1.97. The van der Waals surface area contributed by atoms with Crippen molar-refractivity contribution >= 4 is 51.7 Å². The zero-order valence-corrected chi connectivity index (χ0v) is 11.8. The van der Waals surface area contributed by atoms with E-state index in [2.05, 4.69) is 14.1 Å². The largest absolute Gasteiger partial charge is 0.379 e. The number of hydrogen-bond acceptors (Lipinski definition) is 5. The number of nitrogens with one attached hydrogen (secondary N) is 1. The second-order valence-electron chi connectivity index (χ2n) is 4.24. The number of hydrogen-bond donors (Lipinski definition) is 1. The Morgan fingerprint density at radius 2 is 2.11 bits per heavy atom. The van der Waals surface area contributed by atoms with Crippen molar-refractivity contribution in [3.05, 3.63) is 16.1 Å². The summed E-state index contributed by atoms with van der Waals surface area (Å²) in [6.45, 7) is 1.53. The van der Waals surface area contributed by atoms with Crippen LogP contribution in [0.5, 0.6) is 0 Å². The lowest BCUT2D eigenvalue weighted by molar-refractivity contribution is 0.0876. The maximum absolute atomic E-state index is 6.23. The van der Waals surface area contributed by atoms with E-state index in [-0.39, 0.29) is 6.04 Å². The Labute approximate surface area is 119 Å². The summed E-state index contributed by atoms with van der Waals surface area (Å²) in [5.41, 5.74) is 2.24. The lowest BCUT2D eigenvalue weighted by Gasteiger charge is -2.24. The maximum Gasteiger partial charge on any atom is 0.130 e. The molecular weight excluding hydrogens is 293 g/mol. The number of anilines is 1. The van der Waals surface area contributed by atoms with Gasteiger partial charge in [-0.05, 0) is 18.9 Å². The van der Waals surface area contributed by atoms with Gasteiger partial charge in [-0.15, -0.1) is 0 Å². The topological polar surface area (TPSA) is 47.0 Å². The van der Waals surface area contributed by atoms with E-state index in [9.17, 15) is 0 Å². The molecule has 1 atom stereocenters. The fourth-order valence-electron chi connectivity index (χ4n) is 2.07. The van der Waals surface area contributed by atoms with Crippen LogP contribution in [0.4, 0.5) is 5.69 Å². The summed E-state index contributed by atoms with van der Waals surface area (Å²) >= 11 is 13.5. The van der Waals surface area contributed by atoms with Gasteiger partial charge < -0.3 is 10.1 Å². The van der Waals surface area contributed by atoms with E-state index in [1.165, 1.54) is 0 Å². The molecule has 0 amide bonds. The van der Waals surface area contributed by atoms with Crippen LogP contribution in [-0.2, 0) is 4.74 Å². The van der Waals surface area contributed by atoms with Crippen molar-refractivity contribution < 1.29 is 4.74 Å². The Morgan fingerprint density at radius 1 is 1.28 bits per heavy atom. The predicted molar refractivity (Wildman–Crippen MR) is 74.9 cm³/mol. The molecule has 0 saturated carbocycles. The van der Waals surface area contributed by atoms with Gasteiger partial charge in [-0.1, -0.05) is 23.2 Å². The Morgan fingerprint density at radius 3 is 2.89 bits per heavy atom. The Kier molecular flexibility index (Phi) is 3.56. The summed E-state index contributed by atoms with van der Waals surface area (Å²) in [7, 11) is 0. The van der Waals surface area contributed by atoms with Crippen molar-refractivity contribution in [2.75, 3.05) is 18.5 Å². The lowest BCUT2D eigenvalue weighted by atomic mass is 10.1. The fraction of sp³-hybridized carbons (Fsp3) is 0.455. The first-order valence-corrected chi connectivity index (χ1v) is 7.19. The van der Waals surface area contributed by atoms with Gasteiger partial charge in [0, 0.05) is 12.6 Å². The zero-order chi connectivity index (χ0) is 12.5. The van der Waals surface area contributed by atoms with E-state index >= 15 is 0 Å². The van der Waals surface area contributed by atoms with Crippen LogP contribution in [0, 0.1) is 0 Å². The van der Waals surface area contributed by atoms with E-state index in [0.29, 0.717) is 22.2 Å². The molecule has 0 aliphatic carbocycles. The van der Waals surface area contributed by atoms with Crippen LogP contribution in [-0.4, -0.2) is 28.0 Å². The first-order valence-electron chi connectivity index (χ1n) is 5.70. The SMILES string of the molecule is Clc1cc(Cl)c2nsnc2c1NC1CCCOC1. The molecule has 0 spiro atoms. The van der Waals surface area contributed by atoms with E-state index in [4.69, 9.17) is 27.9 Å². The first-order chi connectivity index (χ1) is 8.75. The second-order valence-corrected chi connectivity index (χ2v) is 5.58. The highest BCUT2D eigenvalue weighted by Gasteiger charge is 2.19. The number of aromatic nitrogens is 2. The molecule has 7 heteroatoms. The van der Waals surface area contributed by atoms with Gasteiger partial charge in [0.1, 0.15) is 11.0 Å². The molecule has 1 saturated heterocycles. The minimum absolute atomic E-state index is 0.266. The van der Waals surface area contributed by atoms with Gasteiger partial charge >= 0.3 is 0 Å². The highest BCUT2D eigenvalue weighted by atomic mass is 35.5. The minimum Gasteiger partial charge on any atom is -0.379 e. The molecule has 1 aliphatic rings. The first kappa shape index (κ1) is 12.4. The third kappa shape index (κ3) is 2.28. The van der Waals surface area contributed by atoms with Gasteiger partial charge in [0.05, 0.1) is 34.1 Å². The molecular formula is C11H11Cl2N3OS. The molecule has 1 unspecified atom stereocenters. The average Bonchev–Trinajstić information content (AvgIpc) is 2.85. The van der Waals surface area contributed by atoms with Gasteiger partial charge in [-0.25, -0.2) is 0 Å². The molecule has 1 aromatic heterocycles. The summed E-state index contributed by atoms with van der Waals surface area (Å²) in [5.74, 6) is 0. The molecule has 96 valence electrons. The minimum atomic E-state index is 0.266. The number of rotatable bonds is 2. The van der Waals surface area contributed by atoms with Gasteiger partial charge in [0.15, 0.2) is 0 Å². The average molecular weight is 304 g/mol. The van der Waals surface area contributed by atoms with Gasteiger partial charge in [0.25, 0.3) is 0 Å². The van der Waals surface area contributed by atoms with Gasteiger partial charge in [-0.3, -0.25) is 0 Å². The summed E-state index contributed by atoms with van der Waals surface area (Å²) in [6.07, 6.45) is 2.12. The van der Waals surface area contributed by atoms with Gasteiger partial charge in [-0.2, -0.15) is 8.75 Å². The molecule has 1 aromatic carbocycles. The standard InChI is InChI=1S/C11H11Cl2N3OS/c12-7-4-8(13)10-11(16-18-15-10)9(7)14-6-2-1-3-17-5-6/h4,6,14H,1-3,5H2. The molecule has 2 heterocycles. The van der Waals surface area contributed by atoms with Crippen molar-refractivity contribution in [3.63, 3.8) is 0 Å². The lowest BCUT2D eigenvalue weighted by Crippen LogP contribution is -2.30. The molecule has 1 fully saturated rings. The molecule has 1 N–H and O–H groups in total. The van der Waals surface area contributed by atoms with Crippen molar-refractivity contribution in [1.29, 1.82) is 0 Å². The second kappa shape index (κ2) is 5.17. The highest BCUT2D eigenvalue weighted by Crippen LogP contribution is 2.36. The van der Waals surface area contributed by atoms with Crippen LogP contribution in [0.25, 0.3) is 11.0 Å². The summed E-state index contributed by atoms with van der Waals surface area (Å²) < 4.78 is 13.9. The van der Waals surface area contributed by atoms with Crippen LogP contribution in [0.2, 0.25) is 10.0 Å². The maximum atomic E-state index is 6.23. The highest BCUT2D eigenvalue weighted by molar-refractivity contribution is 7.00. The van der Waals surface area contributed by atoms with Crippen LogP contribution in [0.3, 0.4) is 0 Å². The molecule has 0 bridgehead atoms. The normalized spacial score (nSPS) is 20.2. The van der Waals surface area contributed by atoms with E-state index in [1.807, 2.05) is 0 Å². The summed E-state index contributed by atoms with van der Waals surface area (Å²) in [6, 6.07) is 1.97. The van der Waals surface area contributed by atoms with Crippen LogP contribution in [0.1, 0.15) is 12.8 Å². The molecule has 1 aliphatic heterocycles. The van der Waals surface area contributed by atoms with E-state index in [1.54, 1.807) is 6.07 Å². The molecule has 3 rings (SSSR count). The number of fused-ring (bicyclic) bond motifs is 1. The number of benzene rings is 1. The quantitative estimate of drug-likeness (QED) is 0.921. The molecule has 0 radical (unpaired) electrons. The molecule has 18 heavy (non-hydrogen) atoms. The monoisotopic (exact) mass is 303 g/mol.